The molecule has 1 aliphatic heterocycles. The molecule has 152 valence electrons. The maximum Gasteiger partial charge on any atom is 0.240 e. The summed E-state index contributed by atoms with van der Waals surface area (Å²) >= 11 is 0. The summed E-state index contributed by atoms with van der Waals surface area (Å²) in [6.45, 7) is 11.1. The highest BCUT2D eigenvalue weighted by Gasteiger charge is 2.19. The summed E-state index contributed by atoms with van der Waals surface area (Å²) < 4.78 is 33.7. The zero-order valence-corrected chi connectivity index (χ0v) is 17.8. The summed E-state index contributed by atoms with van der Waals surface area (Å²) in [5.74, 6) is 0. The van der Waals surface area contributed by atoms with Crippen LogP contribution in [-0.2, 0) is 33.3 Å². The molecule has 0 spiro atoms. The van der Waals surface area contributed by atoms with Gasteiger partial charge in [0, 0.05) is 12.1 Å². The van der Waals surface area contributed by atoms with Gasteiger partial charge < -0.3 is 9.64 Å². The molecule has 2 aromatic rings. The average Bonchev–Trinajstić information content (AvgIpc) is 2.68. The first-order chi connectivity index (χ1) is 13.3. The van der Waals surface area contributed by atoms with Crippen LogP contribution < -0.4 is 9.62 Å². The highest BCUT2D eigenvalue weighted by Crippen LogP contribution is 2.23. The Morgan fingerprint density at radius 3 is 2.18 bits per heavy atom. The van der Waals surface area contributed by atoms with Crippen molar-refractivity contribution >= 4 is 10.0 Å². The molecular formula is C22H31N2O3S+. The molecule has 0 amide bonds. The van der Waals surface area contributed by atoms with Crippen molar-refractivity contribution in [3.05, 3.63) is 65.2 Å². The van der Waals surface area contributed by atoms with E-state index in [1.54, 1.807) is 12.1 Å². The van der Waals surface area contributed by atoms with Crippen LogP contribution in [0.5, 0.6) is 0 Å². The number of nitrogens with one attached hydrogen (secondary N) is 2. The first kappa shape index (κ1) is 21.0. The van der Waals surface area contributed by atoms with Gasteiger partial charge in [-0.05, 0) is 28.7 Å². The minimum Gasteiger partial charge on any atom is -0.370 e. The Balaban J connectivity index is 1.69. The summed E-state index contributed by atoms with van der Waals surface area (Å²) in [7, 11) is -3.55. The normalized spacial score (nSPS) is 16.2. The van der Waals surface area contributed by atoms with Gasteiger partial charge in [0.1, 0.15) is 19.6 Å². The quantitative estimate of drug-likeness (QED) is 0.774. The van der Waals surface area contributed by atoms with Gasteiger partial charge in [-0.2, -0.15) is 0 Å². The molecular weight excluding hydrogens is 372 g/mol. The van der Waals surface area contributed by atoms with E-state index in [-0.39, 0.29) is 5.41 Å². The highest BCUT2D eigenvalue weighted by atomic mass is 32.2. The lowest BCUT2D eigenvalue weighted by Gasteiger charge is -2.24. The lowest BCUT2D eigenvalue weighted by Crippen LogP contribution is -3.12. The molecule has 28 heavy (non-hydrogen) atoms. The van der Waals surface area contributed by atoms with Crippen LogP contribution in [0.25, 0.3) is 0 Å². The molecule has 0 aromatic heterocycles. The number of morpholine rings is 1. The zero-order valence-electron chi connectivity index (χ0n) is 17.0. The van der Waals surface area contributed by atoms with Gasteiger partial charge in [0.25, 0.3) is 0 Å². The van der Waals surface area contributed by atoms with E-state index in [0.717, 1.165) is 44.0 Å². The number of sulfonamides is 1. The summed E-state index contributed by atoms with van der Waals surface area (Å²) in [4.78, 5) is 1.77. The lowest BCUT2D eigenvalue weighted by molar-refractivity contribution is -0.921. The molecule has 1 saturated heterocycles. The van der Waals surface area contributed by atoms with Crippen LogP contribution >= 0.6 is 0 Å². The Bertz CT molecular complexity index is 881. The predicted molar refractivity (Wildman–Crippen MR) is 111 cm³/mol. The highest BCUT2D eigenvalue weighted by molar-refractivity contribution is 7.89. The maximum absolute atomic E-state index is 12.7. The summed E-state index contributed by atoms with van der Waals surface area (Å²) in [5.41, 5.74) is 3.32. The number of rotatable bonds is 6. The molecule has 2 aromatic carbocycles. The Morgan fingerprint density at radius 2 is 1.57 bits per heavy atom. The maximum atomic E-state index is 12.7. The van der Waals surface area contributed by atoms with Crippen LogP contribution in [0.3, 0.4) is 0 Å². The largest absolute Gasteiger partial charge is 0.370 e. The number of ether oxygens (including phenoxy) is 1. The fourth-order valence-electron chi connectivity index (χ4n) is 3.40. The van der Waals surface area contributed by atoms with E-state index in [4.69, 9.17) is 4.74 Å². The van der Waals surface area contributed by atoms with Crippen molar-refractivity contribution in [2.45, 2.75) is 44.2 Å². The number of hydrogen-bond donors (Lipinski definition) is 2. The molecule has 0 saturated carbocycles. The summed E-state index contributed by atoms with van der Waals surface area (Å²) in [6.07, 6.45) is 0. The van der Waals surface area contributed by atoms with Crippen molar-refractivity contribution in [1.82, 2.24) is 4.72 Å². The van der Waals surface area contributed by atoms with E-state index in [9.17, 15) is 8.42 Å². The SMILES string of the molecule is CC(C)(C)c1ccc(S(=O)(=O)NCc2ccccc2C[NH+]2CCOCC2)cc1. The molecule has 0 atom stereocenters. The number of benzene rings is 2. The number of hydrogen-bond acceptors (Lipinski definition) is 3. The van der Waals surface area contributed by atoms with E-state index in [2.05, 4.69) is 31.6 Å². The van der Waals surface area contributed by atoms with Crippen LogP contribution in [0, 0.1) is 0 Å². The van der Waals surface area contributed by atoms with Crippen LogP contribution in [-0.4, -0.2) is 34.7 Å². The fraction of sp³-hybridized carbons (Fsp3) is 0.455. The molecule has 3 rings (SSSR count). The smallest absolute Gasteiger partial charge is 0.240 e. The first-order valence-electron chi connectivity index (χ1n) is 9.84. The van der Waals surface area contributed by atoms with E-state index >= 15 is 0 Å². The van der Waals surface area contributed by atoms with E-state index in [0.29, 0.717) is 11.4 Å². The van der Waals surface area contributed by atoms with Gasteiger partial charge in [-0.1, -0.05) is 57.2 Å². The molecule has 0 aliphatic carbocycles. The zero-order chi connectivity index (χ0) is 20.2. The van der Waals surface area contributed by atoms with E-state index < -0.39 is 10.0 Å². The minimum atomic E-state index is -3.55. The Labute approximate surface area is 168 Å². The van der Waals surface area contributed by atoms with Crippen molar-refractivity contribution in [2.75, 3.05) is 26.3 Å². The van der Waals surface area contributed by atoms with E-state index in [1.165, 1.54) is 10.5 Å². The second-order valence-electron chi connectivity index (χ2n) is 8.41. The Hall–Kier alpha value is -1.73. The van der Waals surface area contributed by atoms with Crippen molar-refractivity contribution in [1.29, 1.82) is 0 Å². The molecule has 1 aliphatic rings. The van der Waals surface area contributed by atoms with Crippen LogP contribution in [0.4, 0.5) is 0 Å². The van der Waals surface area contributed by atoms with E-state index in [1.807, 2.05) is 30.3 Å². The summed E-state index contributed by atoms with van der Waals surface area (Å²) in [5, 5.41) is 0. The van der Waals surface area contributed by atoms with Gasteiger partial charge >= 0.3 is 0 Å². The molecule has 0 radical (unpaired) electrons. The summed E-state index contributed by atoms with van der Waals surface area (Å²) in [6, 6.07) is 15.2. The minimum absolute atomic E-state index is 0.00349. The average molecular weight is 404 g/mol. The molecule has 1 heterocycles. The third-order valence-electron chi connectivity index (χ3n) is 5.24. The van der Waals surface area contributed by atoms with Crippen molar-refractivity contribution in [3.63, 3.8) is 0 Å². The lowest BCUT2D eigenvalue weighted by atomic mass is 9.87. The first-order valence-corrected chi connectivity index (χ1v) is 11.3. The van der Waals surface area contributed by atoms with Gasteiger partial charge in [0.2, 0.25) is 10.0 Å². The molecule has 5 nitrogen and oxygen atoms in total. The predicted octanol–water partition coefficient (Wildman–Crippen LogP) is 1.88. The van der Waals surface area contributed by atoms with Gasteiger partial charge in [-0.15, -0.1) is 0 Å². The second kappa shape index (κ2) is 8.74. The Morgan fingerprint density at radius 1 is 0.964 bits per heavy atom. The van der Waals surface area contributed by atoms with Crippen molar-refractivity contribution < 1.29 is 18.1 Å². The molecule has 0 unspecified atom stereocenters. The monoisotopic (exact) mass is 403 g/mol. The Kier molecular flexibility index (Phi) is 6.55. The van der Waals surface area contributed by atoms with Gasteiger partial charge in [0.15, 0.2) is 0 Å². The van der Waals surface area contributed by atoms with Gasteiger partial charge in [-0.3, -0.25) is 0 Å². The van der Waals surface area contributed by atoms with Gasteiger partial charge in [0.05, 0.1) is 18.1 Å². The third-order valence-corrected chi connectivity index (χ3v) is 6.66. The van der Waals surface area contributed by atoms with Crippen molar-refractivity contribution in [3.8, 4) is 0 Å². The fourth-order valence-corrected chi connectivity index (χ4v) is 4.41. The topological polar surface area (TPSA) is 59.8 Å². The standard InChI is InChI=1S/C22H30N2O3S/c1-22(2,3)20-8-10-21(11-9-20)28(25,26)23-16-18-6-4-5-7-19(18)17-24-12-14-27-15-13-24/h4-11,23H,12-17H2,1-3H3/p+1. The van der Waals surface area contributed by atoms with Crippen LogP contribution in [0.2, 0.25) is 0 Å². The molecule has 6 heteroatoms. The number of quaternary nitrogens is 1. The van der Waals surface area contributed by atoms with Crippen molar-refractivity contribution in [2.24, 2.45) is 0 Å². The second-order valence-corrected chi connectivity index (χ2v) is 10.2. The molecule has 1 fully saturated rings. The van der Waals surface area contributed by atoms with Crippen LogP contribution in [0.1, 0.15) is 37.5 Å². The molecule has 2 N–H and O–H groups in total. The van der Waals surface area contributed by atoms with Gasteiger partial charge in [-0.25, -0.2) is 13.1 Å². The van der Waals surface area contributed by atoms with Crippen LogP contribution in [0.15, 0.2) is 53.4 Å². The third kappa shape index (κ3) is 5.41. The molecule has 0 bridgehead atoms.